The van der Waals surface area contributed by atoms with Crippen LogP contribution in [0.1, 0.15) is 11.1 Å². The highest BCUT2D eigenvalue weighted by Crippen LogP contribution is 2.27. The van der Waals surface area contributed by atoms with Gasteiger partial charge in [0.05, 0.1) is 0 Å². The van der Waals surface area contributed by atoms with Crippen LogP contribution in [0.3, 0.4) is 0 Å². The van der Waals surface area contributed by atoms with Gasteiger partial charge in [-0.3, -0.25) is 0 Å². The van der Waals surface area contributed by atoms with Gasteiger partial charge in [-0.1, -0.05) is 30.3 Å². The molecule has 140 valence electrons. The zero-order valence-corrected chi connectivity index (χ0v) is 14.8. The topological polar surface area (TPSA) is 53.6 Å². The van der Waals surface area contributed by atoms with Crippen molar-refractivity contribution in [2.45, 2.75) is 13.0 Å². The first-order chi connectivity index (χ1) is 12.4. The highest BCUT2D eigenvalue weighted by Gasteiger charge is 2.12. The molecule has 5 nitrogen and oxygen atoms in total. The number of rotatable bonds is 8. The van der Waals surface area contributed by atoms with E-state index in [4.69, 9.17) is 0 Å². The standard InChI is InChI=1S/C19H23F2N3O2/c1-24(2)11-10-22-19(25)23-16-8-9-17(26-18(20)21)15(13-16)12-14-6-4-3-5-7-14/h3-9,13,18H,10-12H2,1-2H3,(H2,22,23,25). The van der Waals surface area contributed by atoms with Crippen molar-refractivity contribution in [2.75, 3.05) is 32.5 Å². The van der Waals surface area contributed by atoms with Crippen LogP contribution in [-0.4, -0.2) is 44.7 Å². The fourth-order valence-electron chi connectivity index (χ4n) is 2.39. The van der Waals surface area contributed by atoms with Crippen molar-refractivity contribution in [3.05, 3.63) is 59.7 Å². The summed E-state index contributed by atoms with van der Waals surface area (Å²) in [5.41, 5.74) is 2.04. The average Bonchev–Trinajstić information content (AvgIpc) is 2.57. The van der Waals surface area contributed by atoms with Gasteiger partial charge in [0.1, 0.15) is 5.75 Å². The predicted molar refractivity (Wildman–Crippen MR) is 97.9 cm³/mol. The van der Waals surface area contributed by atoms with E-state index in [-0.39, 0.29) is 11.8 Å². The lowest BCUT2D eigenvalue weighted by molar-refractivity contribution is -0.0503. The number of halogens is 2. The Hall–Kier alpha value is -2.67. The number of hydrogen-bond acceptors (Lipinski definition) is 3. The zero-order valence-electron chi connectivity index (χ0n) is 14.8. The summed E-state index contributed by atoms with van der Waals surface area (Å²) in [5, 5.41) is 5.45. The van der Waals surface area contributed by atoms with Crippen LogP contribution in [0.4, 0.5) is 19.3 Å². The fraction of sp³-hybridized carbons (Fsp3) is 0.316. The lowest BCUT2D eigenvalue weighted by Crippen LogP contribution is -2.34. The van der Waals surface area contributed by atoms with Crippen LogP contribution < -0.4 is 15.4 Å². The summed E-state index contributed by atoms with van der Waals surface area (Å²) in [6.45, 7) is -1.69. The van der Waals surface area contributed by atoms with Crippen LogP contribution in [-0.2, 0) is 6.42 Å². The van der Waals surface area contributed by atoms with Gasteiger partial charge in [-0.25, -0.2) is 4.79 Å². The monoisotopic (exact) mass is 363 g/mol. The molecule has 0 aliphatic heterocycles. The van der Waals surface area contributed by atoms with E-state index in [2.05, 4.69) is 15.4 Å². The number of ether oxygens (including phenoxy) is 1. The molecule has 2 aromatic rings. The van der Waals surface area contributed by atoms with Crippen LogP contribution in [0.15, 0.2) is 48.5 Å². The molecule has 0 aliphatic carbocycles. The predicted octanol–water partition coefficient (Wildman–Crippen LogP) is 3.56. The highest BCUT2D eigenvalue weighted by molar-refractivity contribution is 5.89. The average molecular weight is 363 g/mol. The number of carbonyl (C=O) groups excluding carboxylic acids is 1. The Morgan fingerprint density at radius 3 is 2.54 bits per heavy atom. The highest BCUT2D eigenvalue weighted by atomic mass is 19.3. The van der Waals surface area contributed by atoms with Crippen molar-refractivity contribution >= 4 is 11.7 Å². The Morgan fingerprint density at radius 2 is 1.88 bits per heavy atom. The fourth-order valence-corrected chi connectivity index (χ4v) is 2.39. The largest absolute Gasteiger partial charge is 0.435 e. The first-order valence-electron chi connectivity index (χ1n) is 8.25. The molecule has 0 aliphatic rings. The van der Waals surface area contributed by atoms with Gasteiger partial charge in [-0.2, -0.15) is 8.78 Å². The van der Waals surface area contributed by atoms with Crippen LogP contribution in [0.2, 0.25) is 0 Å². The maximum atomic E-state index is 12.6. The smallest absolute Gasteiger partial charge is 0.387 e. The number of amides is 2. The summed E-state index contributed by atoms with van der Waals surface area (Å²) in [6, 6.07) is 13.7. The molecule has 2 amide bonds. The van der Waals surface area contributed by atoms with Gasteiger partial charge in [-0.05, 0) is 37.9 Å². The Kier molecular flexibility index (Phi) is 7.35. The van der Waals surface area contributed by atoms with E-state index in [0.29, 0.717) is 30.8 Å². The summed E-state index contributed by atoms with van der Waals surface area (Å²) in [5.74, 6) is 0.0995. The maximum Gasteiger partial charge on any atom is 0.387 e. The summed E-state index contributed by atoms with van der Waals surface area (Å²) in [4.78, 5) is 13.9. The van der Waals surface area contributed by atoms with E-state index < -0.39 is 6.61 Å². The van der Waals surface area contributed by atoms with Crippen molar-refractivity contribution in [2.24, 2.45) is 0 Å². The summed E-state index contributed by atoms with van der Waals surface area (Å²) in [7, 11) is 3.83. The Balaban J connectivity index is 2.10. The normalized spacial score (nSPS) is 10.8. The lowest BCUT2D eigenvalue weighted by atomic mass is 10.0. The molecule has 2 aromatic carbocycles. The molecule has 26 heavy (non-hydrogen) atoms. The van der Waals surface area contributed by atoms with Crippen molar-refractivity contribution in [3.63, 3.8) is 0 Å². The molecule has 0 saturated carbocycles. The van der Waals surface area contributed by atoms with Gasteiger partial charge in [0.2, 0.25) is 0 Å². The van der Waals surface area contributed by atoms with E-state index >= 15 is 0 Å². The second kappa shape index (κ2) is 9.72. The van der Waals surface area contributed by atoms with E-state index in [0.717, 1.165) is 5.56 Å². The minimum atomic E-state index is -2.90. The quantitative estimate of drug-likeness (QED) is 0.754. The summed E-state index contributed by atoms with van der Waals surface area (Å²) in [6.07, 6.45) is 0.417. The first kappa shape index (κ1) is 19.7. The van der Waals surface area contributed by atoms with E-state index in [1.807, 2.05) is 49.3 Å². The molecule has 0 aromatic heterocycles. The van der Waals surface area contributed by atoms with Crippen LogP contribution in [0.5, 0.6) is 5.75 Å². The molecule has 0 radical (unpaired) electrons. The SMILES string of the molecule is CN(C)CCNC(=O)Nc1ccc(OC(F)F)c(Cc2ccccc2)c1. The van der Waals surface area contributed by atoms with E-state index in [1.54, 1.807) is 6.07 Å². The molecular weight excluding hydrogens is 340 g/mol. The molecule has 0 spiro atoms. The zero-order chi connectivity index (χ0) is 18.9. The van der Waals surface area contributed by atoms with Gasteiger partial charge in [0, 0.05) is 30.8 Å². The third kappa shape index (κ3) is 6.68. The first-order valence-corrected chi connectivity index (χ1v) is 8.25. The van der Waals surface area contributed by atoms with Gasteiger partial charge in [-0.15, -0.1) is 0 Å². The van der Waals surface area contributed by atoms with Crippen molar-refractivity contribution in [1.29, 1.82) is 0 Å². The van der Waals surface area contributed by atoms with E-state index in [9.17, 15) is 13.6 Å². The Labute approximate surface area is 152 Å². The molecular formula is C19H23F2N3O2. The minimum absolute atomic E-state index is 0.0995. The lowest BCUT2D eigenvalue weighted by Gasteiger charge is -2.14. The number of benzene rings is 2. The number of likely N-dealkylation sites (N-methyl/N-ethyl adjacent to an activating group) is 1. The number of anilines is 1. The van der Waals surface area contributed by atoms with Gasteiger partial charge >= 0.3 is 12.6 Å². The molecule has 0 bridgehead atoms. The number of alkyl halides is 2. The third-order valence-corrected chi connectivity index (χ3v) is 3.62. The molecule has 0 saturated heterocycles. The number of carbonyl (C=O) groups is 1. The summed E-state index contributed by atoms with van der Waals surface area (Å²) < 4.78 is 29.9. The molecule has 2 N–H and O–H groups in total. The minimum Gasteiger partial charge on any atom is -0.435 e. The number of nitrogens with one attached hydrogen (secondary N) is 2. The maximum absolute atomic E-state index is 12.6. The molecule has 0 unspecified atom stereocenters. The summed E-state index contributed by atoms with van der Waals surface area (Å²) >= 11 is 0. The molecule has 0 heterocycles. The van der Waals surface area contributed by atoms with Gasteiger partial charge in [0.25, 0.3) is 0 Å². The van der Waals surface area contributed by atoms with E-state index in [1.165, 1.54) is 12.1 Å². The Morgan fingerprint density at radius 1 is 1.15 bits per heavy atom. The van der Waals surface area contributed by atoms with Gasteiger partial charge < -0.3 is 20.3 Å². The third-order valence-electron chi connectivity index (χ3n) is 3.62. The number of hydrogen-bond donors (Lipinski definition) is 2. The van der Waals surface area contributed by atoms with Crippen molar-refractivity contribution < 1.29 is 18.3 Å². The second-order valence-electron chi connectivity index (χ2n) is 6.05. The second-order valence-corrected chi connectivity index (χ2v) is 6.05. The number of urea groups is 1. The molecule has 7 heteroatoms. The van der Waals surface area contributed by atoms with Crippen LogP contribution in [0.25, 0.3) is 0 Å². The van der Waals surface area contributed by atoms with Gasteiger partial charge in [0.15, 0.2) is 0 Å². The van der Waals surface area contributed by atoms with Crippen LogP contribution in [0, 0.1) is 0 Å². The molecule has 0 fully saturated rings. The molecule has 0 atom stereocenters. The van der Waals surface area contributed by atoms with Crippen LogP contribution >= 0.6 is 0 Å². The Bertz CT molecular complexity index is 709. The number of nitrogens with zero attached hydrogens (tertiary/aromatic N) is 1. The van der Waals surface area contributed by atoms with Crippen molar-refractivity contribution in [3.8, 4) is 5.75 Å². The van der Waals surface area contributed by atoms with Crippen molar-refractivity contribution in [1.82, 2.24) is 10.2 Å². The molecule has 2 rings (SSSR count).